The van der Waals surface area contributed by atoms with Gasteiger partial charge in [-0.3, -0.25) is 10.1 Å². The average Bonchev–Trinajstić information content (AvgIpc) is 2.53. The average molecular weight is 376 g/mol. The van der Waals surface area contributed by atoms with Crippen molar-refractivity contribution in [1.82, 2.24) is 10.2 Å². The van der Waals surface area contributed by atoms with E-state index < -0.39 is 22.4 Å². The number of rotatable bonds is 3. The lowest BCUT2D eigenvalue weighted by atomic mass is 10.1. The summed E-state index contributed by atoms with van der Waals surface area (Å²) in [4.78, 5) is 14.1. The first-order valence-corrected chi connectivity index (χ1v) is 8.16. The zero-order valence-electron chi connectivity index (χ0n) is 13.8. The number of halogens is 3. The number of hydrogen-bond acceptors (Lipinski definition) is 4. The quantitative estimate of drug-likeness (QED) is 0.497. The topological polar surface area (TPSA) is 61.6 Å². The molecule has 1 aromatic carbocycles. The zero-order valence-corrected chi connectivity index (χ0v) is 14.7. The molecule has 0 spiro atoms. The van der Waals surface area contributed by atoms with Gasteiger partial charge in [0.1, 0.15) is 5.69 Å². The van der Waals surface area contributed by atoms with Gasteiger partial charge in [-0.25, -0.2) is 0 Å². The monoisotopic (exact) mass is 376 g/mol. The fraction of sp³-hybridized carbons (Fsp3) is 0.533. The molecule has 6 nitrogen and oxygen atoms in total. The predicted molar refractivity (Wildman–Crippen MR) is 92.8 cm³/mol. The van der Waals surface area contributed by atoms with Crippen molar-refractivity contribution in [2.24, 2.45) is 0 Å². The number of nitrogens with one attached hydrogen (secondary N) is 1. The Morgan fingerprint density at radius 1 is 1.28 bits per heavy atom. The smallest absolute Gasteiger partial charge is 0.362 e. The lowest BCUT2D eigenvalue weighted by Crippen LogP contribution is -2.52. The second kappa shape index (κ2) is 7.42. The van der Waals surface area contributed by atoms with Crippen LogP contribution < -0.4 is 10.2 Å². The maximum absolute atomic E-state index is 12.8. The number of nitro groups is 1. The van der Waals surface area contributed by atoms with E-state index in [0.29, 0.717) is 37.4 Å². The molecule has 0 unspecified atom stereocenters. The van der Waals surface area contributed by atoms with Crippen molar-refractivity contribution in [2.45, 2.75) is 26.1 Å². The Balaban J connectivity index is 2.15. The molecule has 138 valence electrons. The molecular weight excluding hydrogens is 357 g/mol. The van der Waals surface area contributed by atoms with Gasteiger partial charge in [-0.2, -0.15) is 13.2 Å². The summed E-state index contributed by atoms with van der Waals surface area (Å²) < 4.78 is 38.4. The first-order chi connectivity index (χ1) is 11.6. The van der Waals surface area contributed by atoms with Crippen LogP contribution in [0.3, 0.4) is 0 Å². The molecule has 2 rings (SSSR count). The highest BCUT2D eigenvalue weighted by Gasteiger charge is 2.34. The number of benzene rings is 1. The van der Waals surface area contributed by atoms with E-state index in [1.807, 2.05) is 18.7 Å². The second-order valence-corrected chi connectivity index (χ2v) is 6.42. The van der Waals surface area contributed by atoms with Crippen LogP contribution in [0, 0.1) is 10.1 Å². The third-order valence-corrected chi connectivity index (χ3v) is 4.20. The molecule has 1 heterocycles. The van der Waals surface area contributed by atoms with E-state index in [2.05, 4.69) is 5.32 Å². The number of piperazine rings is 1. The maximum atomic E-state index is 12.8. The summed E-state index contributed by atoms with van der Waals surface area (Å²) >= 11 is 5.29. The summed E-state index contributed by atoms with van der Waals surface area (Å²) in [7, 11) is 0. The van der Waals surface area contributed by atoms with Crippen molar-refractivity contribution in [3.05, 3.63) is 33.9 Å². The van der Waals surface area contributed by atoms with Crippen LogP contribution >= 0.6 is 12.2 Å². The molecule has 1 aromatic rings. The van der Waals surface area contributed by atoms with Gasteiger partial charge in [0.15, 0.2) is 5.11 Å². The summed E-state index contributed by atoms with van der Waals surface area (Å²) in [5.41, 5.74) is -1.37. The van der Waals surface area contributed by atoms with Crippen molar-refractivity contribution in [1.29, 1.82) is 0 Å². The van der Waals surface area contributed by atoms with E-state index in [9.17, 15) is 23.3 Å². The molecular formula is C15H19F3N4O2S. The van der Waals surface area contributed by atoms with E-state index in [-0.39, 0.29) is 11.7 Å². The Morgan fingerprint density at radius 3 is 2.36 bits per heavy atom. The van der Waals surface area contributed by atoms with Crippen LogP contribution in [-0.4, -0.2) is 47.2 Å². The Morgan fingerprint density at radius 2 is 1.88 bits per heavy atom. The number of nitro benzene ring substituents is 1. The Labute approximate surface area is 148 Å². The first-order valence-electron chi connectivity index (χ1n) is 7.75. The third-order valence-electron chi connectivity index (χ3n) is 3.82. The van der Waals surface area contributed by atoms with Crippen LogP contribution in [0.25, 0.3) is 0 Å². The first kappa shape index (κ1) is 19.2. The van der Waals surface area contributed by atoms with Crippen molar-refractivity contribution in [2.75, 3.05) is 31.1 Å². The van der Waals surface area contributed by atoms with E-state index in [1.165, 1.54) is 6.07 Å². The van der Waals surface area contributed by atoms with Crippen LogP contribution in [0.5, 0.6) is 0 Å². The number of nitrogens with zero attached hydrogens (tertiary/aromatic N) is 3. The largest absolute Gasteiger partial charge is 0.416 e. The Bertz CT molecular complexity index is 659. The second-order valence-electron chi connectivity index (χ2n) is 6.04. The Hall–Kier alpha value is -2.10. The van der Waals surface area contributed by atoms with Crippen molar-refractivity contribution >= 4 is 28.7 Å². The van der Waals surface area contributed by atoms with Crippen LogP contribution in [0.4, 0.5) is 24.5 Å². The van der Waals surface area contributed by atoms with Crippen LogP contribution in [0.1, 0.15) is 19.4 Å². The lowest BCUT2D eigenvalue weighted by molar-refractivity contribution is -0.384. The summed E-state index contributed by atoms with van der Waals surface area (Å²) in [6.07, 6.45) is -4.61. The van der Waals surface area contributed by atoms with Gasteiger partial charge in [0.05, 0.1) is 10.5 Å². The minimum atomic E-state index is -4.61. The van der Waals surface area contributed by atoms with Gasteiger partial charge in [0.25, 0.3) is 5.69 Å². The van der Waals surface area contributed by atoms with Crippen molar-refractivity contribution in [3.8, 4) is 0 Å². The number of thiocarbonyl (C=S) groups is 1. The molecule has 1 N–H and O–H groups in total. The van der Waals surface area contributed by atoms with Gasteiger partial charge in [0.2, 0.25) is 0 Å². The predicted octanol–water partition coefficient (Wildman–Crippen LogP) is 3.02. The van der Waals surface area contributed by atoms with Gasteiger partial charge in [0, 0.05) is 38.3 Å². The highest BCUT2D eigenvalue weighted by Crippen LogP contribution is 2.36. The van der Waals surface area contributed by atoms with Crippen LogP contribution in [0.15, 0.2) is 18.2 Å². The van der Waals surface area contributed by atoms with E-state index in [1.54, 1.807) is 4.90 Å². The number of hydrogen-bond donors (Lipinski definition) is 1. The molecule has 0 amide bonds. The summed E-state index contributed by atoms with van der Waals surface area (Å²) in [5, 5.41) is 14.9. The van der Waals surface area contributed by atoms with Crippen molar-refractivity contribution in [3.63, 3.8) is 0 Å². The molecule has 1 fully saturated rings. The minimum Gasteiger partial charge on any atom is -0.362 e. The zero-order chi connectivity index (χ0) is 18.8. The van der Waals surface area contributed by atoms with Gasteiger partial charge in [-0.05, 0) is 38.2 Å². The molecule has 0 aromatic heterocycles. The normalized spacial score (nSPS) is 15.4. The number of anilines is 1. The van der Waals surface area contributed by atoms with E-state index in [4.69, 9.17) is 12.2 Å². The van der Waals surface area contributed by atoms with E-state index in [0.717, 1.165) is 6.07 Å². The fourth-order valence-corrected chi connectivity index (χ4v) is 3.02. The third kappa shape index (κ3) is 4.71. The lowest BCUT2D eigenvalue weighted by Gasteiger charge is -2.37. The van der Waals surface area contributed by atoms with Crippen LogP contribution in [0.2, 0.25) is 0 Å². The summed E-state index contributed by atoms with van der Waals surface area (Å²) in [5.74, 6) is 0. The van der Waals surface area contributed by atoms with Gasteiger partial charge in [-0.15, -0.1) is 0 Å². The number of alkyl halides is 3. The Kier molecular flexibility index (Phi) is 5.71. The molecule has 1 aliphatic heterocycles. The minimum absolute atomic E-state index is 0.195. The summed E-state index contributed by atoms with van der Waals surface area (Å²) in [6.45, 7) is 5.88. The molecule has 0 bridgehead atoms. The molecule has 0 saturated carbocycles. The molecule has 1 aliphatic rings. The molecule has 1 saturated heterocycles. The SMILES string of the molecule is CC(C)NC(=S)N1CCN(c2ccc(C(F)(F)F)cc2[N+](=O)[O-])CC1. The summed E-state index contributed by atoms with van der Waals surface area (Å²) in [6, 6.07) is 2.83. The van der Waals surface area contributed by atoms with Gasteiger partial charge >= 0.3 is 6.18 Å². The molecule has 0 radical (unpaired) electrons. The van der Waals surface area contributed by atoms with E-state index >= 15 is 0 Å². The fourth-order valence-electron chi connectivity index (χ4n) is 2.60. The van der Waals surface area contributed by atoms with Gasteiger partial charge in [-0.1, -0.05) is 0 Å². The molecule has 25 heavy (non-hydrogen) atoms. The standard InChI is InChI=1S/C15H19F3N4O2S/c1-10(2)19-14(25)21-7-5-20(6-8-21)12-4-3-11(15(16,17)18)9-13(12)22(23)24/h3-4,9-10H,5-8H2,1-2H3,(H,19,25). The molecule has 0 atom stereocenters. The van der Waals surface area contributed by atoms with Crippen molar-refractivity contribution < 1.29 is 18.1 Å². The van der Waals surface area contributed by atoms with Crippen LogP contribution in [-0.2, 0) is 6.18 Å². The molecule has 0 aliphatic carbocycles. The van der Waals surface area contributed by atoms with Gasteiger partial charge < -0.3 is 15.1 Å². The molecule has 10 heteroatoms. The highest BCUT2D eigenvalue weighted by atomic mass is 32.1. The highest BCUT2D eigenvalue weighted by molar-refractivity contribution is 7.80. The maximum Gasteiger partial charge on any atom is 0.416 e.